The zero-order valence-electron chi connectivity index (χ0n) is 11.4. The molecule has 2 atom stereocenters. The number of hydrogen-bond acceptors (Lipinski definition) is 3. The molecular weight excluding hydrogens is 308 g/mol. The molecule has 4 heteroatoms. The minimum atomic E-state index is 0.127. The lowest BCUT2D eigenvalue weighted by Crippen LogP contribution is -2.33. The first kappa shape index (κ1) is 16.0. The first-order valence-corrected chi connectivity index (χ1v) is 8.43. The molecule has 102 valence electrons. The van der Waals surface area contributed by atoms with E-state index in [9.17, 15) is 0 Å². The number of thioether (sulfide) groups is 1. The summed E-state index contributed by atoms with van der Waals surface area (Å²) in [5.74, 6) is 1.17. The molecule has 0 fully saturated rings. The average molecular weight is 331 g/mol. The van der Waals surface area contributed by atoms with Crippen LogP contribution in [0.25, 0.3) is 0 Å². The second-order valence-electron chi connectivity index (χ2n) is 4.73. The molecule has 0 heterocycles. The van der Waals surface area contributed by atoms with Gasteiger partial charge in [-0.15, -0.1) is 0 Å². The van der Waals surface area contributed by atoms with Crippen molar-refractivity contribution < 1.29 is 0 Å². The maximum Gasteiger partial charge on any atom is 0.0307 e. The Morgan fingerprint density at radius 3 is 2.50 bits per heavy atom. The second-order valence-corrected chi connectivity index (χ2v) is 6.56. The van der Waals surface area contributed by atoms with Crippen LogP contribution >= 0.6 is 27.7 Å². The Kier molecular flexibility index (Phi) is 7.30. The van der Waals surface area contributed by atoms with Crippen molar-refractivity contribution >= 4 is 27.7 Å². The predicted molar refractivity (Wildman–Crippen MR) is 86.2 cm³/mol. The van der Waals surface area contributed by atoms with Gasteiger partial charge in [-0.1, -0.05) is 28.1 Å². The van der Waals surface area contributed by atoms with Gasteiger partial charge in [0.15, 0.2) is 0 Å². The van der Waals surface area contributed by atoms with Gasteiger partial charge in [0.1, 0.15) is 0 Å². The van der Waals surface area contributed by atoms with Crippen LogP contribution < -0.4 is 5.73 Å². The molecule has 2 nitrogen and oxygen atoms in total. The van der Waals surface area contributed by atoms with Crippen molar-refractivity contribution in [3.8, 4) is 0 Å². The standard InChI is InChI=1S/C14H23BrN2S/c1-11(10-18-3)17(2)9-8-14(16)12-4-6-13(15)7-5-12/h4-7,11,14H,8-10,16H2,1-3H3. The first-order chi connectivity index (χ1) is 8.54. The fraction of sp³-hybridized carbons (Fsp3) is 0.571. The summed E-state index contributed by atoms with van der Waals surface area (Å²) in [4.78, 5) is 2.38. The lowest BCUT2D eigenvalue weighted by atomic mass is 10.0. The van der Waals surface area contributed by atoms with E-state index in [-0.39, 0.29) is 6.04 Å². The van der Waals surface area contributed by atoms with Gasteiger partial charge >= 0.3 is 0 Å². The minimum absolute atomic E-state index is 0.127. The molecule has 0 aliphatic carbocycles. The highest BCUT2D eigenvalue weighted by atomic mass is 79.9. The summed E-state index contributed by atoms with van der Waals surface area (Å²) in [6, 6.07) is 9.03. The Morgan fingerprint density at radius 1 is 1.33 bits per heavy atom. The lowest BCUT2D eigenvalue weighted by Gasteiger charge is -2.25. The molecule has 1 rings (SSSR count). The Balaban J connectivity index is 2.41. The molecule has 0 aliphatic rings. The van der Waals surface area contributed by atoms with Gasteiger partial charge in [0, 0.05) is 22.3 Å². The normalized spacial score (nSPS) is 14.8. The van der Waals surface area contributed by atoms with Gasteiger partial charge in [-0.3, -0.25) is 0 Å². The van der Waals surface area contributed by atoms with E-state index < -0.39 is 0 Å². The van der Waals surface area contributed by atoms with Gasteiger partial charge in [0.05, 0.1) is 0 Å². The summed E-state index contributed by atoms with van der Waals surface area (Å²) in [5, 5.41) is 0. The molecule has 0 amide bonds. The lowest BCUT2D eigenvalue weighted by molar-refractivity contribution is 0.267. The van der Waals surface area contributed by atoms with Crippen molar-refractivity contribution in [2.45, 2.75) is 25.4 Å². The summed E-state index contributed by atoms with van der Waals surface area (Å²) < 4.78 is 1.10. The summed E-state index contributed by atoms with van der Waals surface area (Å²) in [7, 11) is 2.18. The number of rotatable bonds is 7. The van der Waals surface area contributed by atoms with Gasteiger partial charge in [0.2, 0.25) is 0 Å². The van der Waals surface area contributed by atoms with E-state index in [1.807, 2.05) is 11.8 Å². The minimum Gasteiger partial charge on any atom is -0.324 e. The van der Waals surface area contributed by atoms with Crippen LogP contribution in [0.3, 0.4) is 0 Å². The van der Waals surface area contributed by atoms with Crippen molar-refractivity contribution in [2.24, 2.45) is 5.73 Å². The number of benzene rings is 1. The van der Waals surface area contributed by atoms with Gasteiger partial charge in [-0.2, -0.15) is 11.8 Å². The predicted octanol–water partition coefficient (Wildman–Crippen LogP) is 3.52. The Morgan fingerprint density at radius 2 is 1.94 bits per heavy atom. The zero-order chi connectivity index (χ0) is 13.5. The molecule has 0 spiro atoms. The summed E-state index contributed by atoms with van der Waals surface area (Å²) in [6.07, 6.45) is 3.15. The third kappa shape index (κ3) is 5.31. The smallest absolute Gasteiger partial charge is 0.0307 e. The highest BCUT2D eigenvalue weighted by molar-refractivity contribution is 9.10. The molecule has 0 saturated heterocycles. The van der Waals surface area contributed by atoms with E-state index in [1.165, 1.54) is 11.3 Å². The largest absolute Gasteiger partial charge is 0.324 e. The fourth-order valence-corrected chi connectivity index (χ4v) is 2.81. The number of nitrogens with zero attached hydrogens (tertiary/aromatic N) is 1. The van der Waals surface area contributed by atoms with E-state index in [1.54, 1.807) is 0 Å². The molecule has 1 aromatic carbocycles. The first-order valence-electron chi connectivity index (χ1n) is 6.24. The monoisotopic (exact) mass is 330 g/mol. The van der Waals surface area contributed by atoms with E-state index in [4.69, 9.17) is 5.73 Å². The van der Waals surface area contributed by atoms with Gasteiger partial charge in [-0.05, 0) is 50.9 Å². The molecule has 0 radical (unpaired) electrons. The molecule has 0 bridgehead atoms. The van der Waals surface area contributed by atoms with Crippen LogP contribution in [0, 0.1) is 0 Å². The van der Waals surface area contributed by atoms with Crippen molar-refractivity contribution in [3.05, 3.63) is 34.3 Å². The van der Waals surface area contributed by atoms with Crippen LogP contribution in [-0.4, -0.2) is 36.5 Å². The zero-order valence-corrected chi connectivity index (χ0v) is 13.8. The molecular formula is C14H23BrN2S. The highest BCUT2D eigenvalue weighted by Gasteiger charge is 2.11. The van der Waals surface area contributed by atoms with Gasteiger partial charge in [-0.25, -0.2) is 0 Å². The number of hydrogen-bond donors (Lipinski definition) is 1. The van der Waals surface area contributed by atoms with Gasteiger partial charge < -0.3 is 10.6 Å². The molecule has 0 saturated carbocycles. The van der Waals surface area contributed by atoms with E-state index in [2.05, 4.69) is 65.3 Å². The Hall–Kier alpha value is -0.0300. The Bertz CT molecular complexity index is 342. The van der Waals surface area contributed by atoms with Crippen LogP contribution in [0.4, 0.5) is 0 Å². The van der Waals surface area contributed by atoms with E-state index in [0.29, 0.717) is 6.04 Å². The molecule has 2 unspecified atom stereocenters. The molecule has 18 heavy (non-hydrogen) atoms. The molecule has 0 aliphatic heterocycles. The molecule has 1 aromatic rings. The summed E-state index contributed by atoms with van der Waals surface area (Å²) in [5.41, 5.74) is 7.43. The summed E-state index contributed by atoms with van der Waals surface area (Å²) >= 11 is 5.33. The van der Waals surface area contributed by atoms with Crippen molar-refractivity contribution in [3.63, 3.8) is 0 Å². The van der Waals surface area contributed by atoms with Gasteiger partial charge in [0.25, 0.3) is 0 Å². The average Bonchev–Trinajstić information content (AvgIpc) is 2.36. The maximum atomic E-state index is 6.22. The summed E-state index contributed by atoms with van der Waals surface area (Å²) in [6.45, 7) is 3.31. The Labute approximate surface area is 123 Å². The highest BCUT2D eigenvalue weighted by Crippen LogP contribution is 2.18. The molecule has 0 aromatic heterocycles. The van der Waals surface area contributed by atoms with Crippen molar-refractivity contribution in [1.82, 2.24) is 4.90 Å². The van der Waals surface area contributed by atoms with Crippen molar-refractivity contribution in [2.75, 3.05) is 25.6 Å². The van der Waals surface area contributed by atoms with Crippen molar-refractivity contribution in [1.29, 1.82) is 0 Å². The van der Waals surface area contributed by atoms with E-state index in [0.717, 1.165) is 17.4 Å². The van der Waals surface area contributed by atoms with Crippen LogP contribution in [0.5, 0.6) is 0 Å². The SMILES string of the molecule is CSCC(C)N(C)CCC(N)c1ccc(Br)cc1. The van der Waals surface area contributed by atoms with Crippen LogP contribution in [0.2, 0.25) is 0 Å². The fourth-order valence-electron chi connectivity index (χ4n) is 1.81. The second kappa shape index (κ2) is 8.20. The molecule has 2 N–H and O–H groups in total. The topological polar surface area (TPSA) is 29.3 Å². The third-order valence-electron chi connectivity index (χ3n) is 3.25. The van der Waals surface area contributed by atoms with Crippen LogP contribution in [-0.2, 0) is 0 Å². The van der Waals surface area contributed by atoms with Crippen LogP contribution in [0.1, 0.15) is 24.9 Å². The maximum absolute atomic E-state index is 6.22. The quantitative estimate of drug-likeness (QED) is 0.829. The third-order valence-corrected chi connectivity index (χ3v) is 4.60. The van der Waals surface area contributed by atoms with Crippen LogP contribution in [0.15, 0.2) is 28.7 Å². The number of halogens is 1. The van der Waals surface area contributed by atoms with E-state index >= 15 is 0 Å². The number of nitrogens with two attached hydrogens (primary N) is 1.